The van der Waals surface area contributed by atoms with E-state index in [0.29, 0.717) is 35.2 Å². The highest BCUT2D eigenvalue weighted by atomic mass is 16.5. The summed E-state index contributed by atoms with van der Waals surface area (Å²) in [6.45, 7) is 1.27. The van der Waals surface area contributed by atoms with Crippen molar-refractivity contribution in [1.29, 1.82) is 0 Å². The van der Waals surface area contributed by atoms with Crippen molar-refractivity contribution in [3.63, 3.8) is 0 Å². The third-order valence-corrected chi connectivity index (χ3v) is 7.27. The molecule has 0 aromatic heterocycles. The van der Waals surface area contributed by atoms with Gasteiger partial charge in [0.15, 0.2) is 0 Å². The van der Waals surface area contributed by atoms with E-state index in [4.69, 9.17) is 14.7 Å². The second-order valence-electron chi connectivity index (χ2n) is 9.95. The van der Waals surface area contributed by atoms with Gasteiger partial charge in [0.05, 0.1) is 26.7 Å². The Labute approximate surface area is 243 Å². The highest BCUT2D eigenvalue weighted by Crippen LogP contribution is 2.25. The van der Waals surface area contributed by atoms with E-state index in [1.807, 2.05) is 36.4 Å². The van der Waals surface area contributed by atoms with Crippen LogP contribution in [0.5, 0.6) is 11.5 Å². The van der Waals surface area contributed by atoms with Crippen LogP contribution in [0.2, 0.25) is 0 Å². The van der Waals surface area contributed by atoms with Crippen molar-refractivity contribution in [2.24, 2.45) is 0 Å². The minimum absolute atomic E-state index is 0.0600. The van der Waals surface area contributed by atoms with Crippen molar-refractivity contribution in [1.82, 2.24) is 20.3 Å². The predicted octanol–water partition coefficient (Wildman–Crippen LogP) is 2.20. The zero-order valence-electron chi connectivity index (χ0n) is 23.5. The first-order valence-corrected chi connectivity index (χ1v) is 13.4. The van der Waals surface area contributed by atoms with Crippen LogP contribution in [0.4, 0.5) is 0 Å². The summed E-state index contributed by atoms with van der Waals surface area (Å²) in [6, 6.07) is 13.2. The number of methoxy groups -OCH3 is 2. The minimum atomic E-state index is -1.32. The normalized spacial score (nSPS) is 15.3. The van der Waals surface area contributed by atoms with Gasteiger partial charge in [0.25, 0.3) is 5.91 Å². The first-order valence-electron chi connectivity index (χ1n) is 13.4. The van der Waals surface area contributed by atoms with E-state index < -0.39 is 30.2 Å². The van der Waals surface area contributed by atoms with E-state index in [1.165, 1.54) is 10.4 Å². The lowest BCUT2D eigenvalue weighted by molar-refractivity contribution is -0.174. The Balaban J connectivity index is 1.35. The average Bonchev–Trinajstić information content (AvgIpc) is 3.55. The number of nitrogens with one attached hydrogen (secondary N) is 1. The van der Waals surface area contributed by atoms with E-state index in [9.17, 15) is 24.4 Å². The minimum Gasteiger partial charge on any atom is -0.497 e. The molecule has 2 aromatic carbocycles. The lowest BCUT2D eigenvalue weighted by Gasteiger charge is -2.27. The first-order chi connectivity index (χ1) is 20.2. The lowest BCUT2D eigenvalue weighted by Crippen LogP contribution is -2.44. The van der Waals surface area contributed by atoms with Crippen LogP contribution in [0.15, 0.2) is 71.8 Å². The zero-order valence-corrected chi connectivity index (χ0v) is 23.5. The maximum atomic E-state index is 13.2. The molecule has 0 spiro atoms. The molecule has 2 aliphatic heterocycles. The molecule has 3 N–H and O–H groups in total. The smallest absolute Gasteiger partial charge is 0.252 e. The van der Waals surface area contributed by atoms with Crippen LogP contribution < -0.4 is 15.0 Å². The van der Waals surface area contributed by atoms with Gasteiger partial charge in [-0.25, -0.2) is 10.5 Å². The molecule has 12 nitrogen and oxygen atoms in total. The van der Waals surface area contributed by atoms with Crippen LogP contribution in [0.25, 0.3) is 0 Å². The quantitative estimate of drug-likeness (QED) is 0.242. The molecule has 1 atom stereocenters. The highest BCUT2D eigenvalue weighted by Gasteiger charge is 2.36. The monoisotopic (exact) mass is 578 g/mol. The Morgan fingerprint density at radius 3 is 1.93 bits per heavy atom. The van der Waals surface area contributed by atoms with Crippen molar-refractivity contribution in [2.75, 3.05) is 27.3 Å². The number of hydrogen-bond acceptors (Lipinski definition) is 8. The van der Waals surface area contributed by atoms with E-state index in [1.54, 1.807) is 43.4 Å². The fourth-order valence-corrected chi connectivity index (χ4v) is 4.90. The number of carbonyl (C=O) groups excluding carboxylic acids is 4. The Morgan fingerprint density at radius 2 is 1.40 bits per heavy atom. The summed E-state index contributed by atoms with van der Waals surface area (Å²) in [5, 5.41) is 20.3. The third kappa shape index (κ3) is 7.14. The number of benzene rings is 2. The predicted molar refractivity (Wildman–Crippen MR) is 149 cm³/mol. The molecule has 4 amide bonds. The lowest BCUT2D eigenvalue weighted by atomic mass is 10.0. The van der Waals surface area contributed by atoms with E-state index >= 15 is 0 Å². The molecule has 42 heavy (non-hydrogen) atoms. The number of hydroxylamine groups is 3. The number of nitrogens with zero attached hydrogens (tertiary/aromatic N) is 3. The Bertz CT molecular complexity index is 1370. The molecule has 12 heteroatoms. The molecule has 1 unspecified atom stereocenters. The number of amides is 4. The summed E-state index contributed by atoms with van der Waals surface area (Å²) < 4.78 is 10.3. The van der Waals surface area contributed by atoms with Crippen LogP contribution in [0.3, 0.4) is 0 Å². The summed E-state index contributed by atoms with van der Waals surface area (Å²) in [7, 11) is 3.13. The maximum absolute atomic E-state index is 13.2. The van der Waals surface area contributed by atoms with E-state index in [2.05, 4.69) is 0 Å². The Kier molecular flexibility index (Phi) is 9.94. The molecule has 2 heterocycles. The van der Waals surface area contributed by atoms with Crippen LogP contribution >= 0.6 is 0 Å². The summed E-state index contributed by atoms with van der Waals surface area (Å²) in [5.41, 5.74) is 3.76. The molecule has 0 bridgehead atoms. The third-order valence-electron chi connectivity index (χ3n) is 7.27. The van der Waals surface area contributed by atoms with Gasteiger partial charge in [0, 0.05) is 43.7 Å². The fraction of sp³-hybridized carbons (Fsp3) is 0.333. The second kappa shape index (κ2) is 13.8. The van der Waals surface area contributed by atoms with Gasteiger partial charge in [-0.1, -0.05) is 36.4 Å². The largest absolute Gasteiger partial charge is 0.497 e. The van der Waals surface area contributed by atoms with Crippen LogP contribution in [0, 0.1) is 0 Å². The van der Waals surface area contributed by atoms with Crippen molar-refractivity contribution >= 4 is 23.6 Å². The number of ether oxygens (including phenoxy) is 2. The van der Waals surface area contributed by atoms with Gasteiger partial charge in [0.1, 0.15) is 11.5 Å². The van der Waals surface area contributed by atoms with Crippen LogP contribution in [-0.4, -0.2) is 82.3 Å². The van der Waals surface area contributed by atoms with Gasteiger partial charge >= 0.3 is 0 Å². The molecule has 0 aliphatic carbocycles. The molecule has 4 rings (SSSR count). The van der Waals surface area contributed by atoms with Gasteiger partial charge in [-0.15, -0.1) is 0 Å². The molecule has 2 aliphatic rings. The summed E-state index contributed by atoms with van der Waals surface area (Å²) in [4.78, 5) is 54.3. The standard InChI is InChI=1S/C30H34N4O8/c1-41-23-8-3-20(4-9-23)18-32-15-13-22(29(32)37)7-12-28(36)34(40)26(17-27(35)31-39)25-14-16-33(30(25)38)19-21-5-10-24(42-2)11-6-21/h3-6,8-11,13-14,26,39-40H,7,12,15-19H2,1-2H3,(H,31,35). The molecule has 0 radical (unpaired) electrons. The Hall–Kier alpha value is -4.68. The van der Waals surface area contributed by atoms with Crippen molar-refractivity contribution in [3.05, 3.63) is 83.0 Å². The summed E-state index contributed by atoms with van der Waals surface area (Å²) in [5.74, 6) is -0.909. The first kappa shape index (κ1) is 30.3. The molecule has 2 aromatic rings. The van der Waals surface area contributed by atoms with Gasteiger partial charge in [-0.2, -0.15) is 0 Å². The van der Waals surface area contributed by atoms with Crippen LogP contribution in [0.1, 0.15) is 30.4 Å². The van der Waals surface area contributed by atoms with Gasteiger partial charge in [-0.05, 0) is 41.8 Å². The highest BCUT2D eigenvalue weighted by molar-refractivity contribution is 5.99. The molecule has 0 fully saturated rings. The average molecular weight is 579 g/mol. The van der Waals surface area contributed by atoms with E-state index in [-0.39, 0.29) is 37.4 Å². The Morgan fingerprint density at radius 1 is 0.881 bits per heavy atom. The SMILES string of the molecule is COc1ccc(CN2CC=C(CCC(=O)N(O)C(CC(=O)NO)C3=CCN(Cc4ccc(OC)cc4)C3=O)C2=O)cc1. The summed E-state index contributed by atoms with van der Waals surface area (Å²) >= 11 is 0. The number of carbonyl (C=O) groups is 4. The molecular formula is C30H34N4O8. The van der Waals surface area contributed by atoms with Gasteiger partial charge in [0.2, 0.25) is 17.7 Å². The topological polar surface area (TPSA) is 149 Å². The fourth-order valence-electron chi connectivity index (χ4n) is 4.90. The maximum Gasteiger partial charge on any atom is 0.252 e. The molecule has 222 valence electrons. The zero-order chi connectivity index (χ0) is 30.2. The van der Waals surface area contributed by atoms with Crippen molar-refractivity contribution in [3.8, 4) is 11.5 Å². The molecule has 0 saturated heterocycles. The van der Waals surface area contributed by atoms with Crippen molar-refractivity contribution in [2.45, 2.75) is 38.4 Å². The second-order valence-corrected chi connectivity index (χ2v) is 9.95. The van der Waals surface area contributed by atoms with Crippen LogP contribution in [-0.2, 0) is 32.3 Å². The number of rotatable bonds is 13. The summed E-state index contributed by atoms with van der Waals surface area (Å²) in [6.07, 6.45) is 2.61. The molecule has 0 saturated carbocycles. The van der Waals surface area contributed by atoms with Gasteiger partial charge in [-0.3, -0.25) is 29.6 Å². The number of hydrogen-bond donors (Lipinski definition) is 3. The van der Waals surface area contributed by atoms with E-state index in [0.717, 1.165) is 11.1 Å². The molecular weight excluding hydrogens is 544 g/mol. The van der Waals surface area contributed by atoms with Crippen molar-refractivity contribution < 1.29 is 39.1 Å². The van der Waals surface area contributed by atoms with Gasteiger partial charge < -0.3 is 19.3 Å².